The Balaban J connectivity index is 2.00. The summed E-state index contributed by atoms with van der Waals surface area (Å²) in [6.07, 6.45) is 2.38. The molecule has 0 radical (unpaired) electrons. The van der Waals surface area contributed by atoms with Gasteiger partial charge < -0.3 is 14.4 Å². The van der Waals surface area contributed by atoms with Crippen molar-refractivity contribution in [3.63, 3.8) is 0 Å². The SMILES string of the molecule is COCCOc1ccc(N2CCCC2)cc1F. The molecule has 1 aliphatic rings. The first-order valence-corrected chi connectivity index (χ1v) is 5.97. The van der Waals surface area contributed by atoms with Gasteiger partial charge in [-0.15, -0.1) is 0 Å². The standard InChI is InChI=1S/C13H18FNO2/c1-16-8-9-17-13-5-4-11(10-12(13)14)15-6-2-3-7-15/h4-5,10H,2-3,6-9H2,1H3. The van der Waals surface area contributed by atoms with E-state index in [1.807, 2.05) is 6.07 Å². The minimum Gasteiger partial charge on any atom is -0.488 e. The van der Waals surface area contributed by atoms with Gasteiger partial charge in [0.05, 0.1) is 6.61 Å². The molecular weight excluding hydrogens is 221 g/mol. The molecule has 1 aliphatic heterocycles. The first-order valence-electron chi connectivity index (χ1n) is 5.97. The molecule has 94 valence electrons. The zero-order valence-corrected chi connectivity index (χ0v) is 10.1. The summed E-state index contributed by atoms with van der Waals surface area (Å²) in [5, 5.41) is 0. The Labute approximate surface area is 101 Å². The lowest BCUT2D eigenvalue weighted by molar-refractivity contribution is 0.144. The summed E-state index contributed by atoms with van der Waals surface area (Å²) in [4.78, 5) is 2.20. The number of halogens is 1. The van der Waals surface area contributed by atoms with E-state index >= 15 is 0 Å². The molecule has 0 bridgehead atoms. The zero-order chi connectivity index (χ0) is 12.1. The normalized spacial score (nSPS) is 15.3. The molecule has 0 aliphatic carbocycles. The second kappa shape index (κ2) is 5.87. The number of methoxy groups -OCH3 is 1. The van der Waals surface area contributed by atoms with Gasteiger partial charge in [0.1, 0.15) is 6.61 Å². The molecule has 2 rings (SSSR count). The number of benzene rings is 1. The maximum atomic E-state index is 13.7. The maximum Gasteiger partial charge on any atom is 0.167 e. The van der Waals surface area contributed by atoms with Crippen molar-refractivity contribution in [2.75, 3.05) is 38.3 Å². The third-order valence-corrected chi connectivity index (χ3v) is 2.93. The fraction of sp³-hybridized carbons (Fsp3) is 0.538. The quantitative estimate of drug-likeness (QED) is 0.737. The van der Waals surface area contributed by atoms with E-state index in [4.69, 9.17) is 9.47 Å². The van der Waals surface area contributed by atoms with Crippen molar-refractivity contribution in [2.24, 2.45) is 0 Å². The van der Waals surface area contributed by atoms with Crippen molar-refractivity contribution >= 4 is 5.69 Å². The molecule has 0 saturated carbocycles. The summed E-state index contributed by atoms with van der Waals surface area (Å²) in [7, 11) is 1.59. The van der Waals surface area contributed by atoms with Gasteiger partial charge in [0.25, 0.3) is 0 Å². The fourth-order valence-corrected chi connectivity index (χ4v) is 2.01. The van der Waals surface area contributed by atoms with Crippen molar-refractivity contribution in [1.29, 1.82) is 0 Å². The second-order valence-electron chi connectivity index (χ2n) is 4.15. The van der Waals surface area contributed by atoms with Crippen LogP contribution in [0.15, 0.2) is 18.2 Å². The van der Waals surface area contributed by atoms with E-state index in [0.717, 1.165) is 18.8 Å². The van der Waals surface area contributed by atoms with Gasteiger partial charge in [-0.05, 0) is 25.0 Å². The van der Waals surface area contributed by atoms with Crippen LogP contribution in [0.2, 0.25) is 0 Å². The minimum atomic E-state index is -0.300. The first-order chi connectivity index (χ1) is 8.31. The summed E-state index contributed by atoms with van der Waals surface area (Å²) >= 11 is 0. The first kappa shape index (κ1) is 12.2. The van der Waals surface area contributed by atoms with Gasteiger partial charge in [-0.3, -0.25) is 0 Å². The van der Waals surface area contributed by atoms with Gasteiger partial charge in [-0.1, -0.05) is 0 Å². The predicted octanol–water partition coefficient (Wildman–Crippen LogP) is 2.45. The van der Waals surface area contributed by atoms with E-state index < -0.39 is 0 Å². The number of ether oxygens (including phenoxy) is 2. The largest absolute Gasteiger partial charge is 0.488 e. The number of anilines is 1. The molecule has 0 aromatic heterocycles. The molecule has 3 nitrogen and oxygen atoms in total. The van der Waals surface area contributed by atoms with Crippen LogP contribution < -0.4 is 9.64 Å². The van der Waals surface area contributed by atoms with Crippen molar-refractivity contribution in [3.05, 3.63) is 24.0 Å². The summed E-state index contributed by atoms with van der Waals surface area (Å²) in [6, 6.07) is 5.16. The van der Waals surface area contributed by atoms with Crippen LogP contribution in [0.3, 0.4) is 0 Å². The molecule has 1 saturated heterocycles. The minimum absolute atomic E-state index is 0.296. The Hall–Kier alpha value is -1.29. The van der Waals surface area contributed by atoms with Crippen LogP contribution in [0.5, 0.6) is 5.75 Å². The number of hydrogen-bond donors (Lipinski definition) is 0. The van der Waals surface area contributed by atoms with E-state index in [-0.39, 0.29) is 5.82 Å². The highest BCUT2D eigenvalue weighted by atomic mass is 19.1. The second-order valence-corrected chi connectivity index (χ2v) is 4.15. The lowest BCUT2D eigenvalue weighted by Gasteiger charge is -2.18. The van der Waals surface area contributed by atoms with Gasteiger partial charge in [-0.25, -0.2) is 4.39 Å². The van der Waals surface area contributed by atoms with Crippen molar-refractivity contribution in [1.82, 2.24) is 0 Å². The topological polar surface area (TPSA) is 21.7 Å². The van der Waals surface area contributed by atoms with E-state index in [9.17, 15) is 4.39 Å². The Bertz CT molecular complexity index is 364. The van der Waals surface area contributed by atoms with Crippen molar-refractivity contribution < 1.29 is 13.9 Å². The molecule has 1 aromatic rings. The van der Waals surface area contributed by atoms with Gasteiger partial charge in [0.2, 0.25) is 0 Å². The summed E-state index contributed by atoms with van der Waals surface area (Å²) in [5.41, 5.74) is 0.944. The molecule has 4 heteroatoms. The Morgan fingerprint density at radius 2 is 2.00 bits per heavy atom. The summed E-state index contributed by atoms with van der Waals surface area (Å²) in [6.45, 7) is 2.87. The maximum absolute atomic E-state index is 13.7. The molecule has 17 heavy (non-hydrogen) atoms. The smallest absolute Gasteiger partial charge is 0.167 e. The molecule has 1 aromatic carbocycles. The van der Waals surface area contributed by atoms with Gasteiger partial charge in [0, 0.05) is 32.0 Å². The Morgan fingerprint density at radius 1 is 1.24 bits per heavy atom. The molecule has 1 heterocycles. The molecule has 0 unspecified atom stereocenters. The fourth-order valence-electron chi connectivity index (χ4n) is 2.01. The van der Waals surface area contributed by atoms with E-state index in [2.05, 4.69) is 4.90 Å². The Morgan fingerprint density at radius 3 is 2.65 bits per heavy atom. The van der Waals surface area contributed by atoms with Crippen LogP contribution in [-0.4, -0.2) is 33.4 Å². The molecule has 0 N–H and O–H groups in total. The predicted molar refractivity (Wildman–Crippen MR) is 65.2 cm³/mol. The van der Waals surface area contributed by atoms with Gasteiger partial charge in [-0.2, -0.15) is 0 Å². The van der Waals surface area contributed by atoms with Crippen LogP contribution in [0, 0.1) is 5.82 Å². The molecule has 0 atom stereocenters. The highest BCUT2D eigenvalue weighted by molar-refractivity contribution is 5.50. The number of hydrogen-bond acceptors (Lipinski definition) is 3. The Kier molecular flexibility index (Phi) is 4.20. The third-order valence-electron chi connectivity index (χ3n) is 2.93. The average molecular weight is 239 g/mol. The van der Waals surface area contributed by atoms with Crippen LogP contribution >= 0.6 is 0 Å². The number of nitrogens with zero attached hydrogens (tertiary/aromatic N) is 1. The third kappa shape index (κ3) is 3.09. The monoisotopic (exact) mass is 239 g/mol. The summed E-state index contributed by atoms with van der Waals surface area (Å²) < 4.78 is 23.9. The van der Waals surface area contributed by atoms with Crippen molar-refractivity contribution in [3.8, 4) is 5.75 Å². The van der Waals surface area contributed by atoms with Crippen LogP contribution in [0.4, 0.5) is 10.1 Å². The van der Waals surface area contributed by atoms with E-state index in [0.29, 0.717) is 19.0 Å². The molecular formula is C13H18FNO2. The lowest BCUT2D eigenvalue weighted by atomic mass is 10.2. The number of rotatable bonds is 5. The van der Waals surface area contributed by atoms with Crippen LogP contribution in [0.1, 0.15) is 12.8 Å². The van der Waals surface area contributed by atoms with Crippen LogP contribution in [0.25, 0.3) is 0 Å². The molecule has 1 fully saturated rings. The van der Waals surface area contributed by atoms with Crippen molar-refractivity contribution in [2.45, 2.75) is 12.8 Å². The average Bonchev–Trinajstić information content (AvgIpc) is 2.85. The van der Waals surface area contributed by atoms with E-state index in [1.54, 1.807) is 19.2 Å². The molecule has 0 amide bonds. The molecule has 0 spiro atoms. The summed E-state index contributed by atoms with van der Waals surface area (Å²) in [5.74, 6) is -0.00417. The lowest BCUT2D eigenvalue weighted by Crippen LogP contribution is -2.17. The van der Waals surface area contributed by atoms with Gasteiger partial charge in [0.15, 0.2) is 11.6 Å². The zero-order valence-electron chi connectivity index (χ0n) is 10.1. The van der Waals surface area contributed by atoms with E-state index in [1.165, 1.54) is 12.8 Å². The van der Waals surface area contributed by atoms with Gasteiger partial charge >= 0.3 is 0 Å². The van der Waals surface area contributed by atoms with Crippen LogP contribution in [-0.2, 0) is 4.74 Å². The highest BCUT2D eigenvalue weighted by Crippen LogP contribution is 2.26. The highest BCUT2D eigenvalue weighted by Gasteiger charge is 2.14.